The lowest BCUT2D eigenvalue weighted by Gasteiger charge is -2.12. The van der Waals surface area contributed by atoms with Crippen molar-refractivity contribution in [3.05, 3.63) is 59.2 Å². The van der Waals surface area contributed by atoms with Crippen LogP contribution in [-0.2, 0) is 27.1 Å². The fraction of sp³-hybridized carbons (Fsp3) is 0.286. The Morgan fingerprint density at radius 1 is 0.967 bits per heavy atom. The van der Waals surface area contributed by atoms with E-state index in [1.165, 1.54) is 34.5 Å². The summed E-state index contributed by atoms with van der Waals surface area (Å²) in [6.45, 7) is 0.317. The Bertz CT molecular complexity index is 976. The van der Waals surface area contributed by atoms with E-state index in [1.54, 1.807) is 42.5 Å². The van der Waals surface area contributed by atoms with Crippen molar-refractivity contribution in [1.82, 2.24) is 10.0 Å². The van der Waals surface area contributed by atoms with E-state index in [0.717, 1.165) is 11.1 Å². The summed E-state index contributed by atoms with van der Waals surface area (Å²) in [5.74, 6) is 1.11. The lowest BCUT2D eigenvalue weighted by Crippen LogP contribution is -2.21. The standard InChI is InChI=1S/C21H26N2O6S/c1-22-30(25,26)14-16-7-5-15(6-8-16)13-23-20(24)10-9-17-11-18(27-2)21(29-4)19(12-17)28-3/h5-12,22H,13-14H2,1-4H3,(H,23,24)/b10-9+. The second-order valence-corrected chi connectivity index (χ2v) is 8.22. The van der Waals surface area contributed by atoms with Crippen LogP contribution in [0.25, 0.3) is 6.08 Å². The van der Waals surface area contributed by atoms with Gasteiger partial charge < -0.3 is 19.5 Å². The zero-order chi connectivity index (χ0) is 22.1. The van der Waals surface area contributed by atoms with Crippen LogP contribution in [0.1, 0.15) is 16.7 Å². The average Bonchev–Trinajstić information content (AvgIpc) is 2.76. The number of rotatable bonds is 10. The molecule has 0 bridgehead atoms. The number of hydrogen-bond acceptors (Lipinski definition) is 6. The highest BCUT2D eigenvalue weighted by Crippen LogP contribution is 2.38. The molecule has 2 N–H and O–H groups in total. The van der Waals surface area contributed by atoms with E-state index in [1.807, 2.05) is 0 Å². The molecule has 0 aliphatic rings. The van der Waals surface area contributed by atoms with Gasteiger partial charge in [-0.1, -0.05) is 24.3 Å². The third kappa shape index (κ3) is 6.50. The third-order valence-corrected chi connectivity index (χ3v) is 5.61. The molecule has 162 valence electrons. The van der Waals surface area contributed by atoms with Gasteiger partial charge in [-0.3, -0.25) is 4.79 Å². The van der Waals surface area contributed by atoms with Gasteiger partial charge in [0, 0.05) is 12.6 Å². The first kappa shape index (κ1) is 23.2. The van der Waals surface area contributed by atoms with Gasteiger partial charge in [0.1, 0.15) is 0 Å². The van der Waals surface area contributed by atoms with Gasteiger partial charge in [0.25, 0.3) is 0 Å². The smallest absolute Gasteiger partial charge is 0.244 e. The van der Waals surface area contributed by atoms with Gasteiger partial charge in [-0.15, -0.1) is 0 Å². The Hall–Kier alpha value is -3.04. The van der Waals surface area contributed by atoms with E-state index in [4.69, 9.17) is 14.2 Å². The molecule has 0 radical (unpaired) electrons. The maximum absolute atomic E-state index is 12.1. The van der Waals surface area contributed by atoms with Crippen LogP contribution >= 0.6 is 0 Å². The van der Waals surface area contributed by atoms with Crippen molar-refractivity contribution in [2.75, 3.05) is 28.4 Å². The Morgan fingerprint density at radius 3 is 2.03 bits per heavy atom. The second-order valence-electron chi connectivity index (χ2n) is 6.29. The molecule has 0 aliphatic carbocycles. The molecule has 1 amide bonds. The SMILES string of the molecule is CNS(=O)(=O)Cc1ccc(CNC(=O)/C=C/c2cc(OC)c(OC)c(OC)c2)cc1. The molecule has 0 fully saturated rings. The van der Waals surface area contributed by atoms with Crippen LogP contribution in [-0.4, -0.2) is 42.7 Å². The van der Waals surface area contributed by atoms with Crippen molar-refractivity contribution in [3.63, 3.8) is 0 Å². The van der Waals surface area contributed by atoms with Crippen molar-refractivity contribution in [2.45, 2.75) is 12.3 Å². The topological polar surface area (TPSA) is 103 Å². The van der Waals surface area contributed by atoms with Gasteiger partial charge in [-0.05, 0) is 41.9 Å². The molecule has 0 aliphatic heterocycles. The summed E-state index contributed by atoms with van der Waals surface area (Å²) >= 11 is 0. The fourth-order valence-corrected chi connectivity index (χ4v) is 3.44. The van der Waals surface area contributed by atoms with Crippen LogP contribution in [0.5, 0.6) is 17.2 Å². The minimum Gasteiger partial charge on any atom is -0.493 e. The summed E-state index contributed by atoms with van der Waals surface area (Å²) in [6, 6.07) is 10.5. The zero-order valence-corrected chi connectivity index (χ0v) is 18.2. The van der Waals surface area contributed by atoms with Crippen molar-refractivity contribution in [2.24, 2.45) is 0 Å². The Morgan fingerprint density at radius 2 is 1.53 bits per heavy atom. The number of amides is 1. The van der Waals surface area contributed by atoms with Gasteiger partial charge in [0.2, 0.25) is 21.7 Å². The van der Waals surface area contributed by atoms with Crippen LogP contribution in [0.4, 0.5) is 0 Å². The first-order chi connectivity index (χ1) is 14.3. The number of ether oxygens (including phenoxy) is 3. The molecule has 8 nitrogen and oxygen atoms in total. The van der Waals surface area contributed by atoms with Crippen molar-refractivity contribution < 1.29 is 27.4 Å². The van der Waals surface area contributed by atoms with E-state index in [2.05, 4.69) is 10.0 Å². The van der Waals surface area contributed by atoms with Crippen LogP contribution < -0.4 is 24.2 Å². The molecule has 2 aromatic carbocycles. The summed E-state index contributed by atoms with van der Waals surface area (Å²) in [4.78, 5) is 12.1. The molecule has 0 spiro atoms. The van der Waals surface area contributed by atoms with Crippen molar-refractivity contribution >= 4 is 22.0 Å². The molecular formula is C21H26N2O6S. The molecule has 0 saturated carbocycles. The molecule has 0 atom stereocenters. The minimum absolute atomic E-state index is 0.0896. The predicted molar refractivity (Wildman–Crippen MR) is 115 cm³/mol. The number of carbonyl (C=O) groups excluding carboxylic acids is 1. The second kappa shape index (κ2) is 10.7. The van der Waals surface area contributed by atoms with E-state index in [9.17, 15) is 13.2 Å². The lowest BCUT2D eigenvalue weighted by atomic mass is 10.1. The van der Waals surface area contributed by atoms with Crippen LogP contribution in [0, 0.1) is 0 Å². The molecule has 2 rings (SSSR count). The van der Waals surface area contributed by atoms with Crippen molar-refractivity contribution in [3.8, 4) is 17.2 Å². The molecule has 0 saturated heterocycles. The third-order valence-electron chi connectivity index (χ3n) is 4.27. The Labute approximate surface area is 176 Å². The molecule has 2 aromatic rings. The summed E-state index contributed by atoms with van der Waals surface area (Å²) in [5.41, 5.74) is 2.24. The lowest BCUT2D eigenvalue weighted by molar-refractivity contribution is -0.116. The Kier molecular flexibility index (Phi) is 8.25. The first-order valence-electron chi connectivity index (χ1n) is 9.06. The highest BCUT2D eigenvalue weighted by Gasteiger charge is 2.12. The summed E-state index contributed by atoms with van der Waals surface area (Å²) in [7, 11) is 2.64. The maximum Gasteiger partial charge on any atom is 0.244 e. The molecule has 0 aromatic heterocycles. The highest BCUT2D eigenvalue weighted by atomic mass is 32.2. The van der Waals surface area contributed by atoms with E-state index in [-0.39, 0.29) is 11.7 Å². The minimum atomic E-state index is -3.31. The normalized spacial score (nSPS) is 11.3. The number of sulfonamides is 1. The predicted octanol–water partition coefficient (Wildman–Crippen LogP) is 2.09. The van der Waals surface area contributed by atoms with E-state index >= 15 is 0 Å². The largest absolute Gasteiger partial charge is 0.493 e. The fourth-order valence-electron chi connectivity index (χ4n) is 2.66. The molecule has 0 unspecified atom stereocenters. The number of hydrogen-bond donors (Lipinski definition) is 2. The van der Waals surface area contributed by atoms with Gasteiger partial charge >= 0.3 is 0 Å². The number of carbonyl (C=O) groups is 1. The van der Waals surface area contributed by atoms with Gasteiger partial charge in [-0.2, -0.15) is 0 Å². The molecule has 30 heavy (non-hydrogen) atoms. The molecule has 9 heteroatoms. The summed E-state index contributed by atoms with van der Waals surface area (Å²) < 4.78 is 41.3. The summed E-state index contributed by atoms with van der Waals surface area (Å²) in [6.07, 6.45) is 3.06. The quantitative estimate of drug-likeness (QED) is 0.555. The van der Waals surface area contributed by atoms with Crippen LogP contribution in [0.2, 0.25) is 0 Å². The highest BCUT2D eigenvalue weighted by molar-refractivity contribution is 7.88. The van der Waals surface area contributed by atoms with E-state index in [0.29, 0.717) is 29.4 Å². The molecular weight excluding hydrogens is 408 g/mol. The average molecular weight is 435 g/mol. The van der Waals surface area contributed by atoms with E-state index < -0.39 is 10.0 Å². The Balaban J connectivity index is 1.98. The summed E-state index contributed by atoms with van der Waals surface area (Å²) in [5, 5.41) is 2.78. The van der Waals surface area contributed by atoms with Gasteiger partial charge in [0.15, 0.2) is 11.5 Å². The van der Waals surface area contributed by atoms with Crippen LogP contribution in [0.15, 0.2) is 42.5 Å². The monoisotopic (exact) mass is 434 g/mol. The first-order valence-corrected chi connectivity index (χ1v) is 10.7. The maximum atomic E-state index is 12.1. The number of benzene rings is 2. The number of methoxy groups -OCH3 is 3. The van der Waals surface area contributed by atoms with Crippen LogP contribution in [0.3, 0.4) is 0 Å². The van der Waals surface area contributed by atoms with Gasteiger partial charge in [0.05, 0.1) is 27.1 Å². The number of nitrogens with one attached hydrogen (secondary N) is 2. The van der Waals surface area contributed by atoms with Crippen molar-refractivity contribution in [1.29, 1.82) is 0 Å². The van der Waals surface area contributed by atoms with Gasteiger partial charge in [-0.25, -0.2) is 13.1 Å². The molecule has 0 heterocycles. The zero-order valence-electron chi connectivity index (χ0n) is 17.4.